The maximum atomic E-state index is 12.9. The van der Waals surface area contributed by atoms with E-state index in [1.54, 1.807) is 4.90 Å². The molecule has 0 bridgehead atoms. The van der Waals surface area contributed by atoms with Crippen LogP contribution >= 0.6 is 11.8 Å². The number of carbonyl (C=O) groups excluding carboxylic acids is 1. The highest BCUT2D eigenvalue weighted by molar-refractivity contribution is 7.98. The van der Waals surface area contributed by atoms with Gasteiger partial charge in [0.05, 0.1) is 41.7 Å². The molecule has 1 saturated heterocycles. The van der Waals surface area contributed by atoms with Gasteiger partial charge >= 0.3 is 0 Å². The smallest absolute Gasteiger partial charge is 0.285 e. The Hall–Kier alpha value is -1.80. The number of benzene rings is 1. The predicted molar refractivity (Wildman–Crippen MR) is 87.4 cm³/mol. The van der Waals surface area contributed by atoms with Gasteiger partial charge in [0.25, 0.3) is 11.6 Å². The van der Waals surface area contributed by atoms with Crippen LogP contribution in [0.25, 0.3) is 0 Å². The van der Waals surface area contributed by atoms with E-state index in [0.29, 0.717) is 30.4 Å². The second-order valence-corrected chi connectivity index (χ2v) is 6.65. The molecule has 1 heterocycles. The number of amides is 1. The maximum absolute atomic E-state index is 12.9. The summed E-state index contributed by atoms with van der Waals surface area (Å²) in [6.45, 7) is 5.00. The fraction of sp³-hybridized carbons (Fsp3) is 0.533. The van der Waals surface area contributed by atoms with Crippen molar-refractivity contribution in [1.82, 2.24) is 4.90 Å². The number of nitro groups is 1. The van der Waals surface area contributed by atoms with E-state index in [4.69, 9.17) is 9.47 Å². The Labute approximate surface area is 139 Å². The molecule has 0 atom stereocenters. The summed E-state index contributed by atoms with van der Waals surface area (Å²) in [4.78, 5) is 26.1. The summed E-state index contributed by atoms with van der Waals surface area (Å²) in [6.07, 6.45) is 1.83. The lowest BCUT2D eigenvalue weighted by molar-refractivity contribution is -0.385. The number of methoxy groups -OCH3 is 1. The summed E-state index contributed by atoms with van der Waals surface area (Å²) < 4.78 is 10.6. The molecule has 7 nitrogen and oxygen atoms in total. The number of hydrogen-bond acceptors (Lipinski definition) is 6. The number of thioether (sulfide) groups is 1. The topological polar surface area (TPSA) is 81.9 Å². The Kier molecular flexibility index (Phi) is 5.16. The first-order valence-corrected chi connectivity index (χ1v) is 8.34. The van der Waals surface area contributed by atoms with Crippen LogP contribution in [-0.2, 0) is 4.74 Å². The second-order valence-electron chi connectivity index (χ2n) is 5.80. The van der Waals surface area contributed by atoms with Crippen molar-refractivity contribution >= 4 is 23.4 Å². The molecular formula is C15H20N2O5S. The van der Waals surface area contributed by atoms with E-state index >= 15 is 0 Å². The molecule has 126 valence electrons. The number of hydrogen-bond donors (Lipinski definition) is 0. The van der Waals surface area contributed by atoms with E-state index in [-0.39, 0.29) is 17.2 Å². The third-order valence-corrected chi connectivity index (χ3v) is 4.58. The third-order valence-electron chi connectivity index (χ3n) is 3.82. The van der Waals surface area contributed by atoms with Crippen molar-refractivity contribution in [3.05, 3.63) is 27.8 Å². The molecule has 0 N–H and O–H groups in total. The molecule has 8 heteroatoms. The summed E-state index contributed by atoms with van der Waals surface area (Å²) >= 11 is 1.38. The first kappa shape index (κ1) is 17.6. The van der Waals surface area contributed by atoms with Gasteiger partial charge in [-0.15, -0.1) is 11.8 Å². The lowest BCUT2D eigenvalue weighted by Crippen LogP contribution is -2.55. The van der Waals surface area contributed by atoms with Gasteiger partial charge in [-0.25, -0.2) is 0 Å². The third kappa shape index (κ3) is 3.42. The quantitative estimate of drug-likeness (QED) is 0.476. The minimum atomic E-state index is -0.548. The van der Waals surface area contributed by atoms with Gasteiger partial charge in [0.1, 0.15) is 11.3 Å². The van der Waals surface area contributed by atoms with Crippen molar-refractivity contribution in [2.75, 3.05) is 33.1 Å². The van der Waals surface area contributed by atoms with Crippen molar-refractivity contribution < 1.29 is 19.2 Å². The Morgan fingerprint density at radius 1 is 1.48 bits per heavy atom. The normalized spacial score (nSPS) is 17.0. The Morgan fingerprint density at radius 2 is 2.17 bits per heavy atom. The Balaban J connectivity index is 2.52. The average Bonchev–Trinajstić information content (AvgIpc) is 2.52. The van der Waals surface area contributed by atoms with Crippen LogP contribution in [0.4, 0.5) is 5.69 Å². The number of nitrogens with zero attached hydrogens (tertiary/aromatic N) is 2. The largest absolute Gasteiger partial charge is 0.495 e. The van der Waals surface area contributed by atoms with Gasteiger partial charge in [0.15, 0.2) is 0 Å². The molecule has 0 aromatic heterocycles. The van der Waals surface area contributed by atoms with Gasteiger partial charge in [-0.2, -0.15) is 0 Å². The minimum absolute atomic E-state index is 0.0788. The summed E-state index contributed by atoms with van der Waals surface area (Å²) in [6, 6.07) is 2.85. The summed E-state index contributed by atoms with van der Waals surface area (Å²) in [5.74, 6) is 0.0324. The SMILES string of the molecule is COc1cc([N+](=O)[O-])c(C(=O)N2CCOCC2(C)C)cc1SC. The van der Waals surface area contributed by atoms with Crippen LogP contribution < -0.4 is 4.74 Å². The number of carbonyl (C=O) groups is 1. The van der Waals surface area contributed by atoms with Crippen molar-refractivity contribution in [3.63, 3.8) is 0 Å². The molecule has 1 aliphatic heterocycles. The van der Waals surface area contributed by atoms with Crippen molar-refractivity contribution in [2.24, 2.45) is 0 Å². The van der Waals surface area contributed by atoms with E-state index in [9.17, 15) is 14.9 Å². The van der Waals surface area contributed by atoms with Crippen LogP contribution in [0.1, 0.15) is 24.2 Å². The first-order chi connectivity index (χ1) is 10.8. The molecule has 1 aliphatic rings. The molecule has 1 aromatic carbocycles. The standard InChI is InChI=1S/C15H20N2O5S/c1-15(2)9-22-6-5-16(15)14(18)10-7-13(23-4)12(21-3)8-11(10)17(19)20/h7-8H,5-6,9H2,1-4H3. The van der Waals surface area contributed by atoms with Gasteiger partial charge in [0.2, 0.25) is 0 Å². The minimum Gasteiger partial charge on any atom is -0.495 e. The molecule has 0 radical (unpaired) electrons. The monoisotopic (exact) mass is 340 g/mol. The van der Waals surface area contributed by atoms with Gasteiger partial charge in [-0.3, -0.25) is 14.9 Å². The zero-order valence-corrected chi connectivity index (χ0v) is 14.4. The molecule has 0 aliphatic carbocycles. The van der Waals surface area contributed by atoms with Crippen molar-refractivity contribution in [2.45, 2.75) is 24.3 Å². The van der Waals surface area contributed by atoms with E-state index in [0.717, 1.165) is 0 Å². The summed E-state index contributed by atoms with van der Waals surface area (Å²) in [5.41, 5.74) is -0.676. The van der Waals surface area contributed by atoms with Crippen LogP contribution in [0, 0.1) is 10.1 Å². The number of rotatable bonds is 4. The van der Waals surface area contributed by atoms with Gasteiger partial charge < -0.3 is 14.4 Å². The molecular weight excluding hydrogens is 320 g/mol. The molecule has 0 spiro atoms. The van der Waals surface area contributed by atoms with Gasteiger partial charge in [-0.05, 0) is 26.2 Å². The molecule has 0 unspecified atom stereocenters. The zero-order valence-electron chi connectivity index (χ0n) is 13.6. The Morgan fingerprint density at radius 3 is 2.70 bits per heavy atom. The van der Waals surface area contributed by atoms with E-state index in [1.807, 2.05) is 20.1 Å². The zero-order chi connectivity index (χ0) is 17.2. The fourth-order valence-corrected chi connectivity index (χ4v) is 3.15. The average molecular weight is 340 g/mol. The predicted octanol–water partition coefficient (Wildman–Crippen LogP) is 2.58. The highest BCUT2D eigenvalue weighted by Gasteiger charge is 2.37. The number of nitro benzene ring substituents is 1. The van der Waals surface area contributed by atoms with Crippen LogP contribution in [0.3, 0.4) is 0 Å². The molecule has 2 rings (SSSR count). The second kappa shape index (κ2) is 6.76. The first-order valence-electron chi connectivity index (χ1n) is 7.12. The highest BCUT2D eigenvalue weighted by atomic mass is 32.2. The number of ether oxygens (including phenoxy) is 2. The van der Waals surface area contributed by atoms with Crippen LogP contribution in [0.15, 0.2) is 17.0 Å². The van der Waals surface area contributed by atoms with E-state index < -0.39 is 10.5 Å². The van der Waals surface area contributed by atoms with Crippen LogP contribution in [-0.4, -0.2) is 54.4 Å². The molecule has 1 fully saturated rings. The molecule has 1 amide bonds. The van der Waals surface area contributed by atoms with Gasteiger partial charge in [0, 0.05) is 6.54 Å². The van der Waals surface area contributed by atoms with Crippen LogP contribution in [0.2, 0.25) is 0 Å². The van der Waals surface area contributed by atoms with Gasteiger partial charge in [-0.1, -0.05) is 0 Å². The lowest BCUT2D eigenvalue weighted by atomic mass is 10.00. The number of morpholine rings is 1. The van der Waals surface area contributed by atoms with Crippen molar-refractivity contribution in [1.29, 1.82) is 0 Å². The highest BCUT2D eigenvalue weighted by Crippen LogP contribution is 2.36. The van der Waals surface area contributed by atoms with E-state index in [2.05, 4.69) is 0 Å². The fourth-order valence-electron chi connectivity index (χ4n) is 2.57. The van der Waals surface area contributed by atoms with Crippen LogP contribution in [0.5, 0.6) is 5.75 Å². The lowest BCUT2D eigenvalue weighted by Gasteiger charge is -2.42. The maximum Gasteiger partial charge on any atom is 0.285 e. The summed E-state index contributed by atoms with van der Waals surface area (Å²) in [7, 11) is 1.45. The molecule has 1 aromatic rings. The molecule has 23 heavy (non-hydrogen) atoms. The van der Waals surface area contributed by atoms with Crippen molar-refractivity contribution in [3.8, 4) is 5.75 Å². The molecule has 0 saturated carbocycles. The summed E-state index contributed by atoms with van der Waals surface area (Å²) in [5, 5.41) is 11.4. The van der Waals surface area contributed by atoms with E-state index in [1.165, 1.54) is 31.0 Å². The Bertz CT molecular complexity index is 633.